The molecule has 19 heavy (non-hydrogen) atoms. The monoisotopic (exact) mass is 262 g/mol. The molecule has 1 fully saturated rings. The number of nitrogens with two attached hydrogens (primary N) is 1. The van der Waals surface area contributed by atoms with E-state index in [0.29, 0.717) is 13.2 Å². The molecule has 0 spiro atoms. The van der Waals surface area contributed by atoms with Crippen LogP contribution >= 0.6 is 0 Å². The highest BCUT2D eigenvalue weighted by Gasteiger charge is 2.44. The minimum Gasteiger partial charge on any atom is -0.379 e. The van der Waals surface area contributed by atoms with Crippen molar-refractivity contribution < 1.29 is 9.53 Å². The van der Waals surface area contributed by atoms with Gasteiger partial charge in [0.1, 0.15) is 0 Å². The summed E-state index contributed by atoms with van der Waals surface area (Å²) in [5.41, 5.74) is 8.47. The first-order valence-electron chi connectivity index (χ1n) is 6.72. The molecule has 4 nitrogen and oxygen atoms in total. The number of hydrogen-bond donors (Lipinski definition) is 2. The van der Waals surface area contributed by atoms with Crippen molar-refractivity contribution in [2.45, 2.75) is 33.2 Å². The second-order valence-electron chi connectivity index (χ2n) is 5.46. The van der Waals surface area contributed by atoms with Crippen LogP contribution in [0.5, 0.6) is 0 Å². The quantitative estimate of drug-likeness (QED) is 0.874. The maximum atomic E-state index is 12.5. The molecular weight excluding hydrogens is 240 g/mol. The first kappa shape index (κ1) is 14.0. The lowest BCUT2D eigenvalue weighted by Crippen LogP contribution is -2.47. The van der Waals surface area contributed by atoms with Crippen molar-refractivity contribution in [3.05, 3.63) is 29.3 Å². The SMILES string of the molecule is CCc1cccc(C)c1NC(=O)C1(C)COCC1N. The van der Waals surface area contributed by atoms with Crippen LogP contribution in [0.4, 0.5) is 5.69 Å². The molecule has 0 aliphatic carbocycles. The molecule has 4 heteroatoms. The summed E-state index contributed by atoms with van der Waals surface area (Å²) in [4.78, 5) is 12.5. The summed E-state index contributed by atoms with van der Waals surface area (Å²) in [5, 5.41) is 3.04. The molecule has 0 radical (unpaired) electrons. The fourth-order valence-corrected chi connectivity index (χ4v) is 2.38. The predicted molar refractivity (Wildman–Crippen MR) is 76.1 cm³/mol. The van der Waals surface area contributed by atoms with Gasteiger partial charge in [-0.05, 0) is 31.4 Å². The van der Waals surface area contributed by atoms with Crippen molar-refractivity contribution in [2.24, 2.45) is 11.1 Å². The highest BCUT2D eigenvalue weighted by molar-refractivity contribution is 5.97. The van der Waals surface area contributed by atoms with Gasteiger partial charge in [0.05, 0.1) is 18.6 Å². The molecule has 1 heterocycles. The summed E-state index contributed by atoms with van der Waals surface area (Å²) >= 11 is 0. The van der Waals surface area contributed by atoms with Gasteiger partial charge in [-0.25, -0.2) is 0 Å². The molecule has 2 atom stereocenters. The van der Waals surface area contributed by atoms with Gasteiger partial charge in [0.2, 0.25) is 5.91 Å². The Bertz CT molecular complexity index is 487. The Balaban J connectivity index is 2.24. The zero-order valence-electron chi connectivity index (χ0n) is 11.8. The Morgan fingerprint density at radius 3 is 2.89 bits per heavy atom. The Morgan fingerprint density at radius 1 is 1.58 bits per heavy atom. The number of ether oxygens (including phenoxy) is 1. The molecule has 1 saturated heterocycles. The molecule has 0 bridgehead atoms. The largest absolute Gasteiger partial charge is 0.379 e. The van der Waals surface area contributed by atoms with E-state index in [2.05, 4.69) is 12.2 Å². The summed E-state index contributed by atoms with van der Waals surface area (Å²) in [6, 6.07) is 5.80. The zero-order valence-corrected chi connectivity index (χ0v) is 11.8. The first-order valence-corrected chi connectivity index (χ1v) is 6.72. The van der Waals surface area contributed by atoms with Crippen LogP contribution in [0.15, 0.2) is 18.2 Å². The lowest BCUT2D eigenvalue weighted by atomic mass is 9.84. The third-order valence-electron chi connectivity index (χ3n) is 4.01. The van der Waals surface area contributed by atoms with Gasteiger partial charge >= 0.3 is 0 Å². The van der Waals surface area contributed by atoms with Crippen molar-refractivity contribution in [3.8, 4) is 0 Å². The van der Waals surface area contributed by atoms with Crippen LogP contribution in [-0.2, 0) is 16.0 Å². The number of carbonyl (C=O) groups excluding carboxylic acids is 1. The minimum absolute atomic E-state index is 0.0542. The molecule has 0 saturated carbocycles. The summed E-state index contributed by atoms with van der Waals surface area (Å²) in [7, 11) is 0. The van der Waals surface area contributed by atoms with E-state index in [9.17, 15) is 4.79 Å². The third-order valence-corrected chi connectivity index (χ3v) is 4.01. The van der Waals surface area contributed by atoms with Crippen molar-refractivity contribution in [1.29, 1.82) is 0 Å². The summed E-state index contributed by atoms with van der Waals surface area (Å²) < 4.78 is 5.33. The highest BCUT2D eigenvalue weighted by atomic mass is 16.5. The molecule has 1 aliphatic rings. The number of rotatable bonds is 3. The van der Waals surface area contributed by atoms with E-state index >= 15 is 0 Å². The zero-order chi connectivity index (χ0) is 14.0. The van der Waals surface area contributed by atoms with Crippen molar-refractivity contribution in [1.82, 2.24) is 0 Å². The Morgan fingerprint density at radius 2 is 2.32 bits per heavy atom. The smallest absolute Gasteiger partial charge is 0.234 e. The molecule has 2 unspecified atom stereocenters. The van der Waals surface area contributed by atoms with Gasteiger partial charge in [0, 0.05) is 11.7 Å². The van der Waals surface area contributed by atoms with Crippen LogP contribution in [0, 0.1) is 12.3 Å². The number of para-hydroxylation sites is 1. The summed E-state index contributed by atoms with van der Waals surface area (Å²) in [6.07, 6.45) is 0.885. The van der Waals surface area contributed by atoms with E-state index in [1.54, 1.807) is 0 Å². The standard InChI is InChI=1S/C15H22N2O2/c1-4-11-7-5-6-10(2)13(11)17-14(18)15(3)9-19-8-12(15)16/h5-7,12H,4,8-9,16H2,1-3H3,(H,17,18). The van der Waals surface area contributed by atoms with Crippen molar-refractivity contribution in [2.75, 3.05) is 18.5 Å². The van der Waals surface area contributed by atoms with Gasteiger partial charge in [-0.2, -0.15) is 0 Å². The lowest BCUT2D eigenvalue weighted by Gasteiger charge is -2.26. The second kappa shape index (κ2) is 5.31. The second-order valence-corrected chi connectivity index (χ2v) is 5.46. The fourth-order valence-electron chi connectivity index (χ4n) is 2.38. The van der Waals surface area contributed by atoms with Crippen molar-refractivity contribution in [3.63, 3.8) is 0 Å². The van der Waals surface area contributed by atoms with E-state index in [1.165, 1.54) is 0 Å². The Hall–Kier alpha value is -1.39. The van der Waals surface area contributed by atoms with Crippen LogP contribution in [-0.4, -0.2) is 25.2 Å². The minimum atomic E-state index is -0.646. The predicted octanol–water partition coefficient (Wildman–Crippen LogP) is 1.86. The average Bonchev–Trinajstić information content (AvgIpc) is 2.73. The van der Waals surface area contributed by atoms with Crippen molar-refractivity contribution >= 4 is 11.6 Å². The van der Waals surface area contributed by atoms with Crippen LogP contribution < -0.4 is 11.1 Å². The van der Waals surface area contributed by atoms with Gasteiger partial charge < -0.3 is 15.8 Å². The topological polar surface area (TPSA) is 64.3 Å². The molecule has 1 aliphatic heterocycles. The van der Waals surface area contributed by atoms with Crippen LogP contribution in [0.25, 0.3) is 0 Å². The van der Waals surface area contributed by atoms with E-state index in [1.807, 2.05) is 32.0 Å². The van der Waals surface area contributed by atoms with Gasteiger partial charge in [0.15, 0.2) is 0 Å². The van der Waals surface area contributed by atoms with E-state index in [4.69, 9.17) is 10.5 Å². The van der Waals surface area contributed by atoms with Crippen LogP contribution in [0.3, 0.4) is 0 Å². The third kappa shape index (κ3) is 2.51. The molecule has 1 aromatic rings. The van der Waals surface area contributed by atoms with Gasteiger partial charge in [-0.1, -0.05) is 25.1 Å². The maximum absolute atomic E-state index is 12.5. The molecule has 1 aromatic carbocycles. The highest BCUT2D eigenvalue weighted by Crippen LogP contribution is 2.30. The molecule has 2 rings (SSSR count). The van der Waals surface area contributed by atoms with E-state index in [-0.39, 0.29) is 11.9 Å². The number of hydrogen-bond acceptors (Lipinski definition) is 3. The van der Waals surface area contributed by atoms with Crippen LogP contribution in [0.2, 0.25) is 0 Å². The number of amides is 1. The average molecular weight is 262 g/mol. The van der Waals surface area contributed by atoms with E-state index < -0.39 is 5.41 Å². The number of carbonyl (C=O) groups is 1. The number of aryl methyl sites for hydroxylation is 2. The summed E-state index contributed by atoms with van der Waals surface area (Å²) in [5.74, 6) is -0.0542. The van der Waals surface area contributed by atoms with Gasteiger partial charge in [0.25, 0.3) is 0 Å². The molecule has 0 aromatic heterocycles. The Labute approximate surface area is 114 Å². The molecular formula is C15H22N2O2. The van der Waals surface area contributed by atoms with Crippen LogP contribution in [0.1, 0.15) is 25.0 Å². The molecule has 3 N–H and O–H groups in total. The fraction of sp³-hybridized carbons (Fsp3) is 0.533. The maximum Gasteiger partial charge on any atom is 0.234 e. The summed E-state index contributed by atoms with van der Waals surface area (Å²) in [6.45, 7) is 6.77. The number of anilines is 1. The Kier molecular flexibility index (Phi) is 3.92. The van der Waals surface area contributed by atoms with E-state index in [0.717, 1.165) is 23.2 Å². The molecule has 1 amide bonds. The normalized spacial score (nSPS) is 26.4. The first-order chi connectivity index (χ1) is 8.99. The molecule has 104 valence electrons. The lowest BCUT2D eigenvalue weighted by molar-refractivity contribution is -0.125. The van der Waals surface area contributed by atoms with Gasteiger partial charge in [-0.15, -0.1) is 0 Å². The van der Waals surface area contributed by atoms with Gasteiger partial charge in [-0.3, -0.25) is 4.79 Å². The number of nitrogens with one attached hydrogen (secondary N) is 1. The number of benzene rings is 1.